The number of halogens is 1. The molecule has 0 spiro atoms. The molecule has 5 nitrogen and oxygen atoms in total. The number of aliphatic hydroxyl groups is 1. The van der Waals surface area contributed by atoms with Crippen molar-refractivity contribution in [3.05, 3.63) is 40.5 Å². The number of nitrogens with one attached hydrogen (secondary N) is 1. The Kier molecular flexibility index (Phi) is 4.50. The first kappa shape index (κ1) is 15.7. The SMILES string of the molecule is COc1ccc(F)c(NS(=O)(=O)c2cc(C)c(CO)s2)c1. The summed E-state index contributed by atoms with van der Waals surface area (Å²) in [5, 5.41) is 9.12. The fourth-order valence-corrected chi connectivity index (χ4v) is 4.19. The lowest BCUT2D eigenvalue weighted by Crippen LogP contribution is -2.12. The average molecular weight is 331 g/mol. The van der Waals surface area contributed by atoms with Crippen LogP contribution in [0.4, 0.5) is 10.1 Å². The van der Waals surface area contributed by atoms with E-state index < -0.39 is 15.8 Å². The molecule has 0 aliphatic heterocycles. The van der Waals surface area contributed by atoms with E-state index in [0.717, 1.165) is 17.4 Å². The summed E-state index contributed by atoms with van der Waals surface area (Å²) < 4.78 is 45.3. The Morgan fingerprint density at radius 3 is 2.67 bits per heavy atom. The quantitative estimate of drug-likeness (QED) is 0.883. The van der Waals surface area contributed by atoms with E-state index in [1.54, 1.807) is 6.92 Å². The topological polar surface area (TPSA) is 75.6 Å². The van der Waals surface area contributed by atoms with Crippen molar-refractivity contribution in [1.29, 1.82) is 0 Å². The molecule has 0 saturated carbocycles. The van der Waals surface area contributed by atoms with E-state index in [-0.39, 0.29) is 16.5 Å². The fourth-order valence-electron chi connectivity index (χ4n) is 1.68. The third-order valence-electron chi connectivity index (χ3n) is 2.82. The Morgan fingerprint density at radius 1 is 1.38 bits per heavy atom. The summed E-state index contributed by atoms with van der Waals surface area (Å²) in [6.07, 6.45) is 0. The zero-order valence-electron chi connectivity index (χ0n) is 11.4. The van der Waals surface area contributed by atoms with Crippen LogP contribution in [-0.2, 0) is 16.6 Å². The van der Waals surface area contributed by atoms with Crippen molar-refractivity contribution >= 4 is 27.0 Å². The maximum atomic E-state index is 13.7. The van der Waals surface area contributed by atoms with Gasteiger partial charge in [-0.1, -0.05) is 0 Å². The lowest BCUT2D eigenvalue weighted by molar-refractivity contribution is 0.285. The number of thiophene rings is 1. The van der Waals surface area contributed by atoms with Crippen LogP contribution in [0.25, 0.3) is 0 Å². The van der Waals surface area contributed by atoms with E-state index in [4.69, 9.17) is 9.84 Å². The van der Waals surface area contributed by atoms with Gasteiger partial charge in [0.05, 0.1) is 19.4 Å². The van der Waals surface area contributed by atoms with Crippen molar-refractivity contribution in [2.75, 3.05) is 11.8 Å². The Labute approximate surface area is 126 Å². The third kappa shape index (κ3) is 3.34. The minimum atomic E-state index is -3.91. The molecule has 0 amide bonds. The lowest BCUT2D eigenvalue weighted by atomic mass is 10.3. The standard InChI is InChI=1S/C13H14FNO4S2/c1-8-5-13(20-12(8)7-16)21(17,18)15-11-6-9(19-2)3-4-10(11)14/h3-6,15-16H,7H2,1-2H3. The lowest BCUT2D eigenvalue weighted by Gasteiger charge is -2.09. The molecular weight excluding hydrogens is 317 g/mol. The molecule has 0 radical (unpaired) electrons. The van der Waals surface area contributed by atoms with Crippen molar-refractivity contribution in [3.8, 4) is 5.75 Å². The minimum Gasteiger partial charge on any atom is -0.497 e. The second-order valence-electron chi connectivity index (χ2n) is 4.28. The summed E-state index contributed by atoms with van der Waals surface area (Å²) in [6.45, 7) is 1.47. The first-order valence-electron chi connectivity index (χ1n) is 5.94. The Bertz CT molecular complexity index is 756. The zero-order valence-corrected chi connectivity index (χ0v) is 13.0. The maximum Gasteiger partial charge on any atom is 0.271 e. The van der Waals surface area contributed by atoms with Crippen LogP contribution >= 0.6 is 11.3 Å². The van der Waals surface area contributed by atoms with Gasteiger partial charge >= 0.3 is 0 Å². The number of benzene rings is 1. The number of ether oxygens (including phenoxy) is 1. The predicted molar refractivity (Wildman–Crippen MR) is 78.7 cm³/mol. The van der Waals surface area contributed by atoms with Gasteiger partial charge in [0.15, 0.2) is 0 Å². The van der Waals surface area contributed by atoms with Gasteiger partial charge in [-0.05, 0) is 30.7 Å². The van der Waals surface area contributed by atoms with Gasteiger partial charge < -0.3 is 9.84 Å². The highest BCUT2D eigenvalue weighted by Gasteiger charge is 2.20. The molecule has 1 aromatic carbocycles. The molecule has 0 unspecified atom stereocenters. The highest BCUT2D eigenvalue weighted by molar-refractivity contribution is 7.94. The fraction of sp³-hybridized carbons (Fsp3) is 0.231. The van der Waals surface area contributed by atoms with Gasteiger partial charge in [0.25, 0.3) is 10.0 Å². The molecule has 2 rings (SSSR count). The molecule has 0 aliphatic rings. The van der Waals surface area contributed by atoms with Crippen LogP contribution in [0.2, 0.25) is 0 Å². The Balaban J connectivity index is 2.37. The van der Waals surface area contributed by atoms with Crippen LogP contribution in [0, 0.1) is 12.7 Å². The van der Waals surface area contributed by atoms with E-state index in [9.17, 15) is 12.8 Å². The number of aryl methyl sites for hydroxylation is 1. The van der Waals surface area contributed by atoms with Crippen LogP contribution in [0.3, 0.4) is 0 Å². The molecule has 1 heterocycles. The molecule has 114 valence electrons. The van der Waals surface area contributed by atoms with Gasteiger partial charge in [-0.3, -0.25) is 4.72 Å². The van der Waals surface area contributed by atoms with Gasteiger partial charge in [-0.15, -0.1) is 11.3 Å². The van der Waals surface area contributed by atoms with Crippen LogP contribution < -0.4 is 9.46 Å². The van der Waals surface area contributed by atoms with Crippen molar-refractivity contribution in [2.45, 2.75) is 17.7 Å². The number of sulfonamides is 1. The third-order valence-corrected chi connectivity index (χ3v) is 5.89. The smallest absolute Gasteiger partial charge is 0.271 e. The first-order chi connectivity index (χ1) is 9.87. The molecule has 0 atom stereocenters. The summed E-state index contributed by atoms with van der Waals surface area (Å²) >= 11 is 0.947. The summed E-state index contributed by atoms with van der Waals surface area (Å²) in [5.74, 6) is -0.359. The maximum absolute atomic E-state index is 13.7. The molecule has 0 aliphatic carbocycles. The van der Waals surface area contributed by atoms with Gasteiger partial charge in [0.2, 0.25) is 0 Å². The zero-order chi connectivity index (χ0) is 15.6. The molecule has 8 heteroatoms. The summed E-state index contributed by atoms with van der Waals surface area (Å²) in [4.78, 5) is 0.557. The van der Waals surface area contributed by atoms with Crippen LogP contribution in [0.15, 0.2) is 28.5 Å². The number of hydrogen-bond acceptors (Lipinski definition) is 5. The van der Waals surface area contributed by atoms with Gasteiger partial charge in [0.1, 0.15) is 15.8 Å². The number of hydrogen-bond donors (Lipinski definition) is 2. The van der Waals surface area contributed by atoms with E-state index in [2.05, 4.69) is 4.72 Å². The van der Waals surface area contributed by atoms with Crippen molar-refractivity contribution in [3.63, 3.8) is 0 Å². The molecule has 21 heavy (non-hydrogen) atoms. The van der Waals surface area contributed by atoms with Crippen molar-refractivity contribution in [2.24, 2.45) is 0 Å². The summed E-state index contributed by atoms with van der Waals surface area (Å²) in [5.41, 5.74) is 0.486. The van der Waals surface area contributed by atoms with Gasteiger partial charge in [-0.2, -0.15) is 0 Å². The predicted octanol–water partition coefficient (Wildman–Crippen LogP) is 2.50. The molecule has 1 aromatic heterocycles. The molecule has 0 bridgehead atoms. The Hall–Kier alpha value is -1.64. The molecule has 2 aromatic rings. The van der Waals surface area contributed by atoms with Gasteiger partial charge in [0, 0.05) is 10.9 Å². The van der Waals surface area contributed by atoms with E-state index >= 15 is 0 Å². The number of rotatable bonds is 5. The number of aliphatic hydroxyl groups excluding tert-OH is 1. The van der Waals surface area contributed by atoms with Crippen molar-refractivity contribution < 1.29 is 22.7 Å². The molecular formula is C13H14FNO4S2. The van der Waals surface area contributed by atoms with E-state index in [1.165, 1.54) is 25.3 Å². The van der Waals surface area contributed by atoms with Crippen LogP contribution in [0.5, 0.6) is 5.75 Å². The number of methoxy groups -OCH3 is 1. The van der Waals surface area contributed by atoms with Crippen LogP contribution in [0.1, 0.15) is 10.4 Å². The molecule has 0 saturated heterocycles. The molecule has 0 fully saturated rings. The largest absolute Gasteiger partial charge is 0.497 e. The minimum absolute atomic E-state index is 0.0197. The second kappa shape index (κ2) is 6.00. The highest BCUT2D eigenvalue weighted by Crippen LogP contribution is 2.29. The van der Waals surface area contributed by atoms with Crippen LogP contribution in [-0.4, -0.2) is 20.6 Å². The molecule has 2 N–H and O–H groups in total. The Morgan fingerprint density at radius 2 is 2.10 bits per heavy atom. The normalized spacial score (nSPS) is 11.4. The van der Waals surface area contributed by atoms with E-state index in [0.29, 0.717) is 16.2 Å². The summed E-state index contributed by atoms with van der Waals surface area (Å²) in [6, 6.07) is 5.22. The number of anilines is 1. The van der Waals surface area contributed by atoms with Crippen molar-refractivity contribution in [1.82, 2.24) is 0 Å². The average Bonchev–Trinajstić information content (AvgIpc) is 2.83. The monoisotopic (exact) mass is 331 g/mol. The van der Waals surface area contributed by atoms with E-state index in [1.807, 2.05) is 0 Å². The highest BCUT2D eigenvalue weighted by atomic mass is 32.2. The van der Waals surface area contributed by atoms with Gasteiger partial charge in [-0.25, -0.2) is 12.8 Å². The first-order valence-corrected chi connectivity index (χ1v) is 8.24. The summed E-state index contributed by atoms with van der Waals surface area (Å²) in [7, 11) is -2.51. The second-order valence-corrected chi connectivity index (χ2v) is 7.33.